The molecule has 0 spiro atoms. The minimum atomic E-state index is 0.450. The van der Waals surface area contributed by atoms with E-state index in [1.165, 1.54) is 11.1 Å². The van der Waals surface area contributed by atoms with Crippen molar-refractivity contribution in [3.05, 3.63) is 41.0 Å². The van der Waals surface area contributed by atoms with E-state index in [-0.39, 0.29) is 0 Å². The number of rotatable bonds is 2. The molecule has 0 atom stereocenters. The van der Waals surface area contributed by atoms with E-state index in [0.717, 1.165) is 43.4 Å². The Morgan fingerprint density at radius 2 is 1.90 bits per heavy atom. The van der Waals surface area contributed by atoms with E-state index in [0.29, 0.717) is 5.92 Å². The van der Waals surface area contributed by atoms with Crippen LogP contribution in [-0.2, 0) is 4.74 Å². The quantitative estimate of drug-likeness (QED) is 0.842. The highest BCUT2D eigenvalue weighted by molar-refractivity contribution is 5.42. The molecule has 1 aromatic heterocycles. The highest BCUT2D eigenvalue weighted by Crippen LogP contribution is 2.28. The number of aryl methyl sites for hydroxylation is 3. The van der Waals surface area contributed by atoms with Crippen molar-refractivity contribution >= 4 is 0 Å². The number of aromatic nitrogens is 3. The van der Waals surface area contributed by atoms with Gasteiger partial charge in [0.25, 0.3) is 0 Å². The molecule has 1 fully saturated rings. The number of nitrogens with zero attached hydrogens (tertiary/aromatic N) is 3. The van der Waals surface area contributed by atoms with Gasteiger partial charge >= 0.3 is 0 Å². The summed E-state index contributed by atoms with van der Waals surface area (Å²) in [6.45, 7) is 7.85. The summed E-state index contributed by atoms with van der Waals surface area (Å²) >= 11 is 0. The number of ether oxygens (including phenoxy) is 1. The zero-order valence-corrected chi connectivity index (χ0v) is 12.4. The molecule has 0 amide bonds. The molecule has 1 aromatic carbocycles. The van der Waals surface area contributed by atoms with Crippen molar-refractivity contribution in [3.63, 3.8) is 0 Å². The monoisotopic (exact) mass is 271 g/mol. The van der Waals surface area contributed by atoms with Crippen LogP contribution >= 0.6 is 0 Å². The SMILES string of the molecule is Cc1ccc(-n2nc(C)nc2C2CCOCC2)c(C)c1. The van der Waals surface area contributed by atoms with Crippen LogP contribution in [-0.4, -0.2) is 28.0 Å². The molecule has 0 saturated carbocycles. The minimum Gasteiger partial charge on any atom is -0.381 e. The molecule has 0 bridgehead atoms. The Morgan fingerprint density at radius 3 is 2.60 bits per heavy atom. The fraction of sp³-hybridized carbons (Fsp3) is 0.500. The summed E-state index contributed by atoms with van der Waals surface area (Å²) in [6, 6.07) is 6.47. The van der Waals surface area contributed by atoms with Crippen molar-refractivity contribution in [1.82, 2.24) is 14.8 Å². The van der Waals surface area contributed by atoms with Gasteiger partial charge in [-0.3, -0.25) is 0 Å². The van der Waals surface area contributed by atoms with E-state index in [1.54, 1.807) is 0 Å². The third-order valence-corrected chi connectivity index (χ3v) is 3.91. The average molecular weight is 271 g/mol. The Kier molecular flexibility index (Phi) is 3.57. The third-order valence-electron chi connectivity index (χ3n) is 3.91. The molecule has 0 aliphatic carbocycles. The number of hydrogen-bond acceptors (Lipinski definition) is 3. The zero-order chi connectivity index (χ0) is 14.1. The van der Waals surface area contributed by atoms with Gasteiger partial charge < -0.3 is 4.74 Å². The van der Waals surface area contributed by atoms with E-state index in [1.807, 2.05) is 11.6 Å². The average Bonchev–Trinajstić information content (AvgIpc) is 2.81. The van der Waals surface area contributed by atoms with Crippen LogP contribution in [0.15, 0.2) is 18.2 Å². The van der Waals surface area contributed by atoms with Gasteiger partial charge in [-0.25, -0.2) is 9.67 Å². The molecular weight excluding hydrogens is 250 g/mol. The van der Waals surface area contributed by atoms with Crippen molar-refractivity contribution in [2.75, 3.05) is 13.2 Å². The molecule has 2 aromatic rings. The standard InChI is InChI=1S/C16H21N3O/c1-11-4-5-15(12(2)10-11)19-16(17-13(3)18-19)14-6-8-20-9-7-14/h4-5,10,14H,6-9H2,1-3H3. The molecule has 3 rings (SSSR count). The molecule has 0 radical (unpaired) electrons. The first kappa shape index (κ1) is 13.3. The molecule has 4 nitrogen and oxygen atoms in total. The Bertz CT molecular complexity index is 612. The maximum absolute atomic E-state index is 5.46. The van der Waals surface area contributed by atoms with Crippen LogP contribution in [0.4, 0.5) is 0 Å². The third kappa shape index (κ3) is 2.48. The van der Waals surface area contributed by atoms with Gasteiger partial charge in [0.15, 0.2) is 0 Å². The maximum Gasteiger partial charge on any atom is 0.148 e. The van der Waals surface area contributed by atoms with Gasteiger partial charge in [-0.2, -0.15) is 5.10 Å². The maximum atomic E-state index is 5.46. The number of benzene rings is 1. The number of hydrogen-bond donors (Lipinski definition) is 0. The first-order chi connectivity index (χ1) is 9.65. The topological polar surface area (TPSA) is 39.9 Å². The minimum absolute atomic E-state index is 0.450. The fourth-order valence-electron chi connectivity index (χ4n) is 2.87. The van der Waals surface area contributed by atoms with Gasteiger partial charge in [0, 0.05) is 19.1 Å². The molecule has 1 aliphatic rings. The summed E-state index contributed by atoms with van der Waals surface area (Å²) in [7, 11) is 0. The van der Waals surface area contributed by atoms with Crippen LogP contribution in [0.3, 0.4) is 0 Å². The molecular formula is C16H21N3O. The van der Waals surface area contributed by atoms with Crippen molar-refractivity contribution in [3.8, 4) is 5.69 Å². The molecule has 0 N–H and O–H groups in total. The summed E-state index contributed by atoms with van der Waals surface area (Å²) in [6.07, 6.45) is 2.06. The Balaban J connectivity index is 2.04. The summed E-state index contributed by atoms with van der Waals surface area (Å²) in [5, 5.41) is 4.61. The molecule has 1 aliphatic heterocycles. The van der Waals surface area contributed by atoms with Gasteiger partial charge in [-0.15, -0.1) is 0 Å². The summed E-state index contributed by atoms with van der Waals surface area (Å²) in [5.41, 5.74) is 3.65. The van der Waals surface area contributed by atoms with Gasteiger partial charge in [0.05, 0.1) is 5.69 Å². The lowest BCUT2D eigenvalue weighted by Gasteiger charge is -2.22. The zero-order valence-electron chi connectivity index (χ0n) is 12.4. The first-order valence-corrected chi connectivity index (χ1v) is 7.24. The summed E-state index contributed by atoms with van der Waals surface area (Å²) in [5.74, 6) is 2.37. The van der Waals surface area contributed by atoms with Crippen molar-refractivity contribution in [2.24, 2.45) is 0 Å². The van der Waals surface area contributed by atoms with Crippen LogP contribution < -0.4 is 0 Å². The molecule has 106 valence electrons. The van der Waals surface area contributed by atoms with E-state index in [2.05, 4.69) is 42.1 Å². The molecule has 4 heteroatoms. The van der Waals surface area contributed by atoms with Crippen LogP contribution in [0, 0.1) is 20.8 Å². The molecule has 1 saturated heterocycles. The predicted molar refractivity (Wildman–Crippen MR) is 78.4 cm³/mol. The van der Waals surface area contributed by atoms with E-state index in [9.17, 15) is 0 Å². The lowest BCUT2D eigenvalue weighted by molar-refractivity contribution is 0.0831. The second kappa shape index (κ2) is 5.37. The highest BCUT2D eigenvalue weighted by Gasteiger charge is 2.23. The summed E-state index contributed by atoms with van der Waals surface area (Å²) < 4.78 is 7.48. The largest absolute Gasteiger partial charge is 0.381 e. The second-order valence-electron chi connectivity index (χ2n) is 5.61. The Labute approximate surface area is 119 Å². The van der Waals surface area contributed by atoms with Crippen molar-refractivity contribution in [1.29, 1.82) is 0 Å². The van der Waals surface area contributed by atoms with E-state index >= 15 is 0 Å². The van der Waals surface area contributed by atoms with Crippen LogP contribution in [0.2, 0.25) is 0 Å². The van der Waals surface area contributed by atoms with Crippen molar-refractivity contribution in [2.45, 2.75) is 39.5 Å². The van der Waals surface area contributed by atoms with Gasteiger partial charge in [0.2, 0.25) is 0 Å². The van der Waals surface area contributed by atoms with Gasteiger partial charge in [-0.05, 0) is 45.2 Å². The second-order valence-corrected chi connectivity index (χ2v) is 5.61. The van der Waals surface area contributed by atoms with Crippen LogP contribution in [0.25, 0.3) is 5.69 Å². The van der Waals surface area contributed by atoms with Gasteiger partial charge in [0.1, 0.15) is 11.6 Å². The Morgan fingerprint density at radius 1 is 1.15 bits per heavy atom. The summed E-state index contributed by atoms with van der Waals surface area (Å²) in [4.78, 5) is 4.67. The smallest absolute Gasteiger partial charge is 0.148 e. The van der Waals surface area contributed by atoms with Crippen molar-refractivity contribution < 1.29 is 4.74 Å². The molecule has 0 unspecified atom stereocenters. The predicted octanol–water partition coefficient (Wildman–Crippen LogP) is 3.09. The first-order valence-electron chi connectivity index (χ1n) is 7.24. The van der Waals surface area contributed by atoms with E-state index < -0.39 is 0 Å². The lowest BCUT2D eigenvalue weighted by atomic mass is 9.99. The molecule has 2 heterocycles. The fourth-order valence-corrected chi connectivity index (χ4v) is 2.87. The van der Waals surface area contributed by atoms with E-state index in [4.69, 9.17) is 4.74 Å². The lowest BCUT2D eigenvalue weighted by Crippen LogP contribution is -2.18. The van der Waals surface area contributed by atoms with Crippen LogP contribution in [0.5, 0.6) is 0 Å². The van der Waals surface area contributed by atoms with Crippen LogP contribution in [0.1, 0.15) is 41.5 Å². The van der Waals surface area contributed by atoms with Gasteiger partial charge in [-0.1, -0.05) is 17.7 Å². The normalized spacial score (nSPS) is 16.6. The molecule has 20 heavy (non-hydrogen) atoms. The Hall–Kier alpha value is -1.68. The highest BCUT2D eigenvalue weighted by atomic mass is 16.5.